The molecule has 0 spiro atoms. The number of nitrogens with one attached hydrogen (secondary N) is 2. The van der Waals surface area contributed by atoms with Crippen molar-refractivity contribution in [3.05, 3.63) is 11.6 Å². The van der Waals surface area contributed by atoms with Crippen LogP contribution in [0.5, 0.6) is 0 Å². The molecule has 2 N–H and O–H groups in total. The molecule has 1 amide bonds. The predicted molar refractivity (Wildman–Crippen MR) is 82.3 cm³/mol. The lowest BCUT2D eigenvalue weighted by Crippen LogP contribution is -2.50. The van der Waals surface area contributed by atoms with Crippen LogP contribution >= 0.6 is 0 Å². The summed E-state index contributed by atoms with van der Waals surface area (Å²) in [5, 5.41) is 9.89. The summed E-state index contributed by atoms with van der Waals surface area (Å²) in [4.78, 5) is 18.8. The van der Waals surface area contributed by atoms with Crippen LogP contribution in [0.4, 0.5) is 0 Å². The van der Waals surface area contributed by atoms with E-state index in [9.17, 15) is 4.79 Å². The third-order valence-electron chi connectivity index (χ3n) is 4.46. The van der Waals surface area contributed by atoms with Crippen molar-refractivity contribution in [2.75, 3.05) is 20.6 Å². The maximum Gasteiger partial charge on any atom is 0.291 e. The van der Waals surface area contributed by atoms with Gasteiger partial charge in [-0.25, -0.2) is 4.98 Å². The summed E-state index contributed by atoms with van der Waals surface area (Å²) in [5.41, 5.74) is -0.0549. The fraction of sp³-hybridized carbons (Fsp3) is 0.800. The summed E-state index contributed by atoms with van der Waals surface area (Å²) in [6, 6.07) is 0. The second-order valence-electron chi connectivity index (χ2n) is 7.27. The summed E-state index contributed by atoms with van der Waals surface area (Å²) < 4.78 is 0. The molecule has 1 heterocycles. The number of carbonyl (C=O) groups is 1. The Labute approximate surface area is 126 Å². The van der Waals surface area contributed by atoms with Crippen LogP contribution in [0.3, 0.4) is 0 Å². The minimum absolute atomic E-state index is 0.0822. The van der Waals surface area contributed by atoms with Gasteiger partial charge in [0.25, 0.3) is 5.91 Å². The van der Waals surface area contributed by atoms with E-state index in [-0.39, 0.29) is 22.7 Å². The second-order valence-corrected chi connectivity index (χ2v) is 7.27. The molecule has 0 unspecified atom stereocenters. The van der Waals surface area contributed by atoms with E-state index in [2.05, 4.69) is 39.5 Å². The highest BCUT2D eigenvalue weighted by molar-refractivity contribution is 5.90. The molecule has 1 aliphatic carbocycles. The van der Waals surface area contributed by atoms with E-state index >= 15 is 0 Å². The van der Waals surface area contributed by atoms with Gasteiger partial charge in [-0.3, -0.25) is 9.89 Å². The normalized spacial score (nSPS) is 18.2. The third kappa shape index (κ3) is 3.43. The van der Waals surface area contributed by atoms with E-state index in [1.54, 1.807) is 0 Å². The zero-order chi connectivity index (χ0) is 15.7. The molecular weight excluding hydrogens is 266 g/mol. The van der Waals surface area contributed by atoms with Gasteiger partial charge in [0.1, 0.15) is 5.82 Å². The van der Waals surface area contributed by atoms with Crippen molar-refractivity contribution in [1.29, 1.82) is 0 Å². The van der Waals surface area contributed by atoms with Crippen LogP contribution in [0.15, 0.2) is 0 Å². The quantitative estimate of drug-likeness (QED) is 0.886. The van der Waals surface area contributed by atoms with Crippen LogP contribution in [0.2, 0.25) is 0 Å². The number of hydrogen-bond acceptors (Lipinski definition) is 4. The van der Waals surface area contributed by atoms with Crippen LogP contribution < -0.4 is 5.32 Å². The van der Waals surface area contributed by atoms with Crippen molar-refractivity contribution in [1.82, 2.24) is 25.4 Å². The molecule has 0 atom stereocenters. The first kappa shape index (κ1) is 15.9. The monoisotopic (exact) mass is 293 g/mol. The molecule has 6 heteroatoms. The number of likely N-dealkylation sites (N-methyl/N-ethyl adjacent to an activating group) is 1. The SMILES string of the molecule is CN(C)C1(CNC(=O)c2n[nH]c(C(C)(C)C)n2)CCCC1. The average Bonchev–Trinajstić information content (AvgIpc) is 3.05. The van der Waals surface area contributed by atoms with Crippen LogP contribution in [0, 0.1) is 0 Å². The average molecular weight is 293 g/mol. The fourth-order valence-electron chi connectivity index (χ4n) is 2.84. The molecule has 1 aliphatic rings. The van der Waals surface area contributed by atoms with Crippen molar-refractivity contribution in [3.8, 4) is 0 Å². The van der Waals surface area contributed by atoms with Crippen molar-refractivity contribution in [2.45, 2.75) is 57.4 Å². The Balaban J connectivity index is 2.00. The van der Waals surface area contributed by atoms with Gasteiger partial charge in [0.2, 0.25) is 5.82 Å². The minimum Gasteiger partial charge on any atom is -0.347 e. The summed E-state index contributed by atoms with van der Waals surface area (Å²) in [6.07, 6.45) is 4.70. The van der Waals surface area contributed by atoms with Gasteiger partial charge < -0.3 is 10.2 Å². The Morgan fingerprint density at radius 2 is 1.95 bits per heavy atom. The van der Waals surface area contributed by atoms with Crippen molar-refractivity contribution in [3.63, 3.8) is 0 Å². The van der Waals surface area contributed by atoms with E-state index in [4.69, 9.17) is 0 Å². The zero-order valence-corrected chi connectivity index (χ0v) is 13.8. The predicted octanol–water partition coefficient (Wildman–Crippen LogP) is 1.71. The summed E-state index contributed by atoms with van der Waals surface area (Å²) in [7, 11) is 4.17. The first-order valence-electron chi connectivity index (χ1n) is 7.63. The van der Waals surface area contributed by atoms with Gasteiger partial charge in [-0.2, -0.15) is 0 Å². The van der Waals surface area contributed by atoms with E-state index in [1.165, 1.54) is 12.8 Å². The summed E-state index contributed by atoms with van der Waals surface area (Å²) >= 11 is 0. The van der Waals surface area contributed by atoms with Gasteiger partial charge in [0.15, 0.2) is 0 Å². The summed E-state index contributed by atoms with van der Waals surface area (Å²) in [6.45, 7) is 6.76. The zero-order valence-electron chi connectivity index (χ0n) is 13.8. The van der Waals surface area contributed by atoms with Crippen molar-refractivity contribution >= 4 is 5.91 Å². The highest BCUT2D eigenvalue weighted by Gasteiger charge is 2.36. The van der Waals surface area contributed by atoms with E-state index in [0.29, 0.717) is 6.54 Å². The number of hydrogen-bond donors (Lipinski definition) is 2. The number of H-pyrrole nitrogens is 1. The smallest absolute Gasteiger partial charge is 0.291 e. The molecule has 0 bridgehead atoms. The molecule has 1 aromatic rings. The Kier molecular flexibility index (Phi) is 4.37. The van der Waals surface area contributed by atoms with E-state index in [0.717, 1.165) is 18.7 Å². The number of rotatable bonds is 4. The minimum atomic E-state index is -0.199. The molecule has 1 saturated carbocycles. The first-order valence-corrected chi connectivity index (χ1v) is 7.63. The lowest BCUT2D eigenvalue weighted by atomic mass is 9.96. The lowest BCUT2D eigenvalue weighted by molar-refractivity contribution is 0.0890. The van der Waals surface area contributed by atoms with Gasteiger partial charge in [-0.05, 0) is 26.9 Å². The maximum absolute atomic E-state index is 12.2. The molecular formula is C15H27N5O. The molecule has 1 fully saturated rings. The van der Waals surface area contributed by atoms with E-state index < -0.39 is 0 Å². The van der Waals surface area contributed by atoms with E-state index in [1.807, 2.05) is 20.8 Å². The molecule has 0 saturated heterocycles. The Hall–Kier alpha value is -1.43. The van der Waals surface area contributed by atoms with Crippen molar-refractivity contribution < 1.29 is 4.79 Å². The van der Waals surface area contributed by atoms with Gasteiger partial charge in [-0.15, -0.1) is 5.10 Å². The molecule has 0 aromatic carbocycles. The molecule has 0 aliphatic heterocycles. The highest BCUT2D eigenvalue weighted by Crippen LogP contribution is 2.33. The number of aromatic amines is 1. The maximum atomic E-state index is 12.2. The van der Waals surface area contributed by atoms with Gasteiger partial charge >= 0.3 is 0 Å². The molecule has 0 radical (unpaired) electrons. The van der Waals surface area contributed by atoms with Crippen LogP contribution in [-0.4, -0.2) is 52.2 Å². The first-order chi connectivity index (χ1) is 9.74. The number of nitrogens with zero attached hydrogens (tertiary/aromatic N) is 3. The fourth-order valence-corrected chi connectivity index (χ4v) is 2.84. The molecule has 21 heavy (non-hydrogen) atoms. The Morgan fingerprint density at radius 3 is 2.43 bits per heavy atom. The summed E-state index contributed by atoms with van der Waals surface area (Å²) in [5.74, 6) is 0.762. The van der Waals surface area contributed by atoms with Crippen LogP contribution in [0.25, 0.3) is 0 Å². The number of carbonyl (C=O) groups excluding carboxylic acids is 1. The number of amides is 1. The molecule has 6 nitrogen and oxygen atoms in total. The van der Waals surface area contributed by atoms with Gasteiger partial charge in [0, 0.05) is 17.5 Å². The van der Waals surface area contributed by atoms with Crippen LogP contribution in [0.1, 0.15) is 62.9 Å². The van der Waals surface area contributed by atoms with Gasteiger partial charge in [-0.1, -0.05) is 33.6 Å². The second kappa shape index (κ2) is 5.75. The molecule has 1 aromatic heterocycles. The lowest BCUT2D eigenvalue weighted by Gasteiger charge is -2.36. The van der Waals surface area contributed by atoms with Crippen LogP contribution in [-0.2, 0) is 5.41 Å². The Morgan fingerprint density at radius 1 is 1.33 bits per heavy atom. The Bertz CT molecular complexity index is 494. The molecule has 2 rings (SSSR count). The van der Waals surface area contributed by atoms with Crippen molar-refractivity contribution in [2.24, 2.45) is 0 Å². The molecule has 118 valence electrons. The standard InChI is InChI=1S/C15H27N5O/c1-14(2,3)13-17-11(18-19-13)12(21)16-10-15(20(4)5)8-6-7-9-15/h6-10H2,1-5H3,(H,16,21)(H,17,18,19). The largest absolute Gasteiger partial charge is 0.347 e. The third-order valence-corrected chi connectivity index (χ3v) is 4.46. The number of aromatic nitrogens is 3. The highest BCUT2D eigenvalue weighted by atomic mass is 16.2. The van der Waals surface area contributed by atoms with Gasteiger partial charge in [0.05, 0.1) is 0 Å². The topological polar surface area (TPSA) is 73.9 Å².